The van der Waals surface area contributed by atoms with E-state index < -0.39 is 68.3 Å². The molecule has 1 unspecified atom stereocenters. The van der Waals surface area contributed by atoms with Gasteiger partial charge in [-0.3, -0.25) is 0 Å². The molecule has 0 aromatic heterocycles. The first kappa shape index (κ1) is 17.9. The number of ether oxygens (including phenoxy) is 2. The highest BCUT2D eigenvalue weighted by Gasteiger charge is 2.47. The van der Waals surface area contributed by atoms with E-state index in [0.717, 1.165) is 0 Å². The van der Waals surface area contributed by atoms with E-state index in [1.54, 1.807) is 0 Å². The summed E-state index contributed by atoms with van der Waals surface area (Å²) < 4.78 is 10.6. The number of piperidine rings is 1. The van der Waals surface area contributed by atoms with Crippen molar-refractivity contribution in [3.05, 3.63) is 0 Å². The Hall–Kier alpha value is -0.400. The second-order valence-electron chi connectivity index (χ2n) is 5.55. The van der Waals surface area contributed by atoms with E-state index in [1.807, 2.05) is 0 Å². The van der Waals surface area contributed by atoms with Crippen LogP contribution in [0.4, 0.5) is 0 Å². The Balaban J connectivity index is 2.09. The molecule has 0 aromatic carbocycles. The molecule has 8 N–H and O–H groups in total. The van der Waals surface area contributed by atoms with Crippen LogP contribution in [-0.4, -0.2) is 111 Å². The largest absolute Gasteiger partial charge is 0.395 e. The third-order valence-electron chi connectivity index (χ3n) is 4.05. The van der Waals surface area contributed by atoms with Crippen molar-refractivity contribution in [2.24, 2.45) is 0 Å². The fourth-order valence-electron chi connectivity index (χ4n) is 2.64. The zero-order valence-corrected chi connectivity index (χ0v) is 11.8. The first-order chi connectivity index (χ1) is 10.4. The Morgan fingerprint density at radius 3 is 2.18 bits per heavy atom. The first-order valence-corrected chi connectivity index (χ1v) is 7.07. The first-order valence-electron chi connectivity index (χ1n) is 7.07. The molecule has 2 aliphatic rings. The Morgan fingerprint density at radius 1 is 0.909 bits per heavy atom. The molecule has 130 valence electrons. The maximum absolute atomic E-state index is 9.97. The number of aliphatic hydroxyl groups is 7. The summed E-state index contributed by atoms with van der Waals surface area (Å²) in [4.78, 5) is 0. The van der Waals surface area contributed by atoms with E-state index in [9.17, 15) is 30.6 Å². The van der Waals surface area contributed by atoms with Crippen LogP contribution in [0.15, 0.2) is 0 Å². The van der Waals surface area contributed by atoms with E-state index in [1.165, 1.54) is 0 Å². The van der Waals surface area contributed by atoms with E-state index in [4.69, 9.17) is 14.6 Å². The van der Waals surface area contributed by atoms with Crippen LogP contribution in [0.5, 0.6) is 0 Å². The molecule has 2 rings (SSSR count). The van der Waals surface area contributed by atoms with Crippen LogP contribution in [-0.2, 0) is 9.47 Å². The highest BCUT2D eigenvalue weighted by atomic mass is 16.7. The SMILES string of the molecule is OCC1NC[C@H](O)[C@@H](O)[C@@H]1O[C@H]1O[C@H](CO)[C@@H](O)[C@H](O)[C@H]1O. The van der Waals surface area contributed by atoms with Gasteiger partial charge in [0.1, 0.15) is 36.6 Å². The number of hydrogen-bond acceptors (Lipinski definition) is 10. The summed E-state index contributed by atoms with van der Waals surface area (Å²) in [5.41, 5.74) is 0. The molecule has 0 saturated carbocycles. The van der Waals surface area contributed by atoms with Crippen molar-refractivity contribution in [2.45, 2.75) is 55.1 Å². The molecule has 10 nitrogen and oxygen atoms in total. The maximum atomic E-state index is 9.97. The number of β-amino-alcohol motifs (C(OH)–C–C–N with tert-alkyl or cyclic N) is 1. The van der Waals surface area contributed by atoms with Crippen LogP contribution in [0.1, 0.15) is 0 Å². The average Bonchev–Trinajstić information content (AvgIpc) is 2.52. The molecule has 10 heteroatoms. The van der Waals surface area contributed by atoms with Gasteiger partial charge in [0.2, 0.25) is 0 Å². The summed E-state index contributed by atoms with van der Waals surface area (Å²) in [6.07, 6.45) is -10.9. The molecule has 2 fully saturated rings. The molecular weight excluding hydrogens is 302 g/mol. The minimum absolute atomic E-state index is 0.0565. The number of hydrogen-bond donors (Lipinski definition) is 8. The van der Waals surface area contributed by atoms with Crippen LogP contribution in [0.3, 0.4) is 0 Å². The van der Waals surface area contributed by atoms with Crippen LogP contribution in [0.2, 0.25) is 0 Å². The summed E-state index contributed by atoms with van der Waals surface area (Å²) in [6.45, 7) is -0.949. The molecule has 0 spiro atoms. The molecule has 0 radical (unpaired) electrons. The van der Waals surface area contributed by atoms with E-state index in [2.05, 4.69) is 5.32 Å². The lowest BCUT2D eigenvalue weighted by atomic mass is 9.95. The van der Waals surface area contributed by atoms with E-state index >= 15 is 0 Å². The lowest BCUT2D eigenvalue weighted by Gasteiger charge is -2.44. The zero-order chi connectivity index (χ0) is 16.4. The van der Waals surface area contributed by atoms with Gasteiger partial charge in [-0.2, -0.15) is 0 Å². The van der Waals surface area contributed by atoms with Crippen molar-refractivity contribution in [1.82, 2.24) is 5.32 Å². The molecule has 2 heterocycles. The van der Waals surface area contributed by atoms with E-state index in [-0.39, 0.29) is 6.54 Å². The van der Waals surface area contributed by atoms with Crippen molar-refractivity contribution < 1.29 is 45.2 Å². The predicted octanol–water partition coefficient (Wildman–Crippen LogP) is -5.14. The maximum Gasteiger partial charge on any atom is 0.187 e. The van der Waals surface area contributed by atoms with Gasteiger partial charge in [-0.15, -0.1) is 0 Å². The molecule has 0 bridgehead atoms. The Bertz CT molecular complexity index is 355. The number of rotatable bonds is 4. The van der Waals surface area contributed by atoms with Gasteiger partial charge in [0, 0.05) is 6.54 Å². The topological polar surface area (TPSA) is 172 Å². The van der Waals surface area contributed by atoms with Gasteiger partial charge >= 0.3 is 0 Å². The standard InChI is InChI=1S/C12H23NO9/c14-2-4-11(7(17)5(16)1-13-4)22-12-10(20)9(19)8(18)6(3-15)21-12/h4-20H,1-3H2/t4?,5-,6+,7+,8+,9-,10+,11+,12+/m0/s1. The zero-order valence-electron chi connectivity index (χ0n) is 11.8. The third-order valence-corrected chi connectivity index (χ3v) is 4.05. The van der Waals surface area contributed by atoms with Crippen molar-refractivity contribution in [3.8, 4) is 0 Å². The Morgan fingerprint density at radius 2 is 1.59 bits per heavy atom. The molecule has 0 aromatic rings. The molecule has 0 aliphatic carbocycles. The highest BCUT2D eigenvalue weighted by Crippen LogP contribution is 2.25. The molecular formula is C12H23NO9. The van der Waals surface area contributed by atoms with Crippen molar-refractivity contribution in [3.63, 3.8) is 0 Å². The lowest BCUT2D eigenvalue weighted by molar-refractivity contribution is -0.324. The number of nitrogens with one attached hydrogen (secondary N) is 1. The van der Waals surface area contributed by atoms with Crippen LogP contribution >= 0.6 is 0 Å². The fourth-order valence-corrected chi connectivity index (χ4v) is 2.64. The van der Waals surface area contributed by atoms with Gasteiger partial charge in [-0.05, 0) is 0 Å². The minimum atomic E-state index is -1.62. The summed E-state index contributed by atoms with van der Waals surface area (Å²) >= 11 is 0. The fraction of sp³-hybridized carbons (Fsp3) is 1.00. The summed E-state index contributed by atoms with van der Waals surface area (Å²) in [6, 6.07) is -0.717. The number of aliphatic hydroxyl groups excluding tert-OH is 7. The van der Waals surface area contributed by atoms with Crippen LogP contribution in [0.25, 0.3) is 0 Å². The molecule has 0 amide bonds. The van der Waals surface area contributed by atoms with Crippen molar-refractivity contribution >= 4 is 0 Å². The predicted molar refractivity (Wildman–Crippen MR) is 69.5 cm³/mol. The molecule has 22 heavy (non-hydrogen) atoms. The molecule has 2 aliphatic heterocycles. The minimum Gasteiger partial charge on any atom is -0.395 e. The Kier molecular flexibility index (Phi) is 6.07. The lowest BCUT2D eigenvalue weighted by Crippen LogP contribution is -2.65. The summed E-state index contributed by atoms with van der Waals surface area (Å²) in [5.74, 6) is 0. The Labute approximate surface area is 126 Å². The third kappa shape index (κ3) is 3.41. The average molecular weight is 325 g/mol. The second-order valence-corrected chi connectivity index (χ2v) is 5.55. The van der Waals surface area contributed by atoms with Gasteiger partial charge in [0.15, 0.2) is 6.29 Å². The van der Waals surface area contributed by atoms with Gasteiger partial charge in [0.25, 0.3) is 0 Å². The van der Waals surface area contributed by atoms with Crippen LogP contribution < -0.4 is 5.32 Å². The second kappa shape index (κ2) is 7.45. The molecule has 9 atom stereocenters. The van der Waals surface area contributed by atoms with Gasteiger partial charge in [0.05, 0.1) is 25.4 Å². The van der Waals surface area contributed by atoms with Gasteiger partial charge in [-0.25, -0.2) is 0 Å². The van der Waals surface area contributed by atoms with Gasteiger partial charge < -0.3 is 50.5 Å². The van der Waals surface area contributed by atoms with Gasteiger partial charge in [-0.1, -0.05) is 0 Å². The molecule has 2 saturated heterocycles. The monoisotopic (exact) mass is 325 g/mol. The highest BCUT2D eigenvalue weighted by molar-refractivity contribution is 4.95. The van der Waals surface area contributed by atoms with E-state index in [0.29, 0.717) is 0 Å². The smallest absolute Gasteiger partial charge is 0.187 e. The van der Waals surface area contributed by atoms with Crippen molar-refractivity contribution in [2.75, 3.05) is 19.8 Å². The quantitative estimate of drug-likeness (QED) is 0.250. The van der Waals surface area contributed by atoms with Crippen LogP contribution in [0, 0.1) is 0 Å². The normalized spacial score (nSPS) is 50.0. The summed E-state index contributed by atoms with van der Waals surface area (Å²) in [7, 11) is 0. The van der Waals surface area contributed by atoms with Crippen molar-refractivity contribution in [1.29, 1.82) is 0 Å². The summed E-state index contributed by atoms with van der Waals surface area (Å²) in [5, 5.41) is 70.0.